The number of hydrogen-bond acceptors (Lipinski definition) is 9. The molecule has 4 fully saturated rings. The lowest BCUT2D eigenvalue weighted by atomic mass is 9.52. The number of carbonyl (C=O) groups is 1. The maximum Gasteiger partial charge on any atom is 0.262 e. The Morgan fingerprint density at radius 1 is 1.21 bits per heavy atom. The predicted octanol–water partition coefficient (Wildman–Crippen LogP) is 2.23. The van der Waals surface area contributed by atoms with Crippen molar-refractivity contribution in [3.8, 4) is 11.5 Å². The number of anilines is 1. The maximum absolute atomic E-state index is 12.5. The fraction of sp³-hybridized carbons (Fsp3) is 0.600. The molecule has 0 aromatic carbocycles. The molecule has 34 heavy (non-hydrogen) atoms. The number of aliphatic hydroxyl groups excluding tert-OH is 2. The van der Waals surface area contributed by atoms with Gasteiger partial charge in [-0.3, -0.25) is 9.78 Å². The van der Waals surface area contributed by atoms with Crippen molar-refractivity contribution in [3.05, 3.63) is 29.4 Å². The van der Waals surface area contributed by atoms with E-state index in [1.165, 1.54) is 0 Å². The number of pyridine rings is 1. The van der Waals surface area contributed by atoms with Crippen molar-refractivity contribution < 1.29 is 24.6 Å². The lowest BCUT2D eigenvalue weighted by Crippen LogP contribution is -2.59. The van der Waals surface area contributed by atoms with Gasteiger partial charge in [-0.05, 0) is 49.9 Å². The van der Waals surface area contributed by atoms with E-state index >= 15 is 0 Å². The third kappa shape index (κ3) is 3.66. The second-order valence-electron chi connectivity index (χ2n) is 10.7. The number of allylic oxidation sites excluding steroid dienone is 1. The average molecular weight is 467 g/mol. The van der Waals surface area contributed by atoms with Crippen molar-refractivity contribution >= 4 is 17.5 Å². The van der Waals surface area contributed by atoms with Gasteiger partial charge in [-0.15, -0.1) is 0 Å². The first-order valence-corrected chi connectivity index (χ1v) is 12.2. The quantitative estimate of drug-likeness (QED) is 0.431. The molecule has 5 aliphatic rings. The van der Waals surface area contributed by atoms with E-state index in [9.17, 15) is 20.1 Å². The number of nitrogens with zero attached hydrogens (tertiary/aromatic N) is 3. The summed E-state index contributed by atoms with van der Waals surface area (Å²) < 4.78 is 5.49. The Hall–Kier alpha value is -2.62. The normalized spacial score (nSPS) is 30.8. The summed E-state index contributed by atoms with van der Waals surface area (Å²) >= 11 is 0. The van der Waals surface area contributed by atoms with Crippen LogP contribution >= 0.6 is 0 Å². The van der Waals surface area contributed by atoms with Crippen LogP contribution in [0.15, 0.2) is 16.8 Å². The molecular weight excluding hydrogens is 436 g/mol. The van der Waals surface area contributed by atoms with Gasteiger partial charge in [0.25, 0.3) is 5.89 Å². The minimum Gasteiger partial charge on any atom is -0.396 e. The molecule has 5 atom stereocenters. The fourth-order valence-corrected chi connectivity index (χ4v) is 6.88. The second-order valence-corrected chi connectivity index (χ2v) is 10.7. The molecule has 0 saturated heterocycles. The van der Waals surface area contributed by atoms with Crippen molar-refractivity contribution in [2.24, 2.45) is 23.7 Å². The number of aromatic nitrogens is 3. The van der Waals surface area contributed by atoms with E-state index in [1.807, 2.05) is 0 Å². The minimum absolute atomic E-state index is 0.0578. The molecule has 4 bridgehead atoms. The highest BCUT2D eigenvalue weighted by Gasteiger charge is 2.55. The molecule has 2 aromatic heterocycles. The molecular formula is C25H30N4O5. The van der Waals surface area contributed by atoms with E-state index in [0.29, 0.717) is 23.3 Å². The lowest BCUT2D eigenvalue weighted by molar-refractivity contribution is -0.129. The van der Waals surface area contributed by atoms with Gasteiger partial charge >= 0.3 is 0 Å². The zero-order chi connectivity index (χ0) is 23.4. The lowest BCUT2D eigenvalue weighted by Gasteiger charge is -2.58. The Balaban J connectivity index is 1.31. The van der Waals surface area contributed by atoms with Gasteiger partial charge in [-0.1, -0.05) is 17.3 Å². The fourth-order valence-electron chi connectivity index (χ4n) is 6.88. The van der Waals surface area contributed by atoms with Crippen LogP contribution in [-0.4, -0.2) is 61.1 Å². The van der Waals surface area contributed by atoms with Crippen molar-refractivity contribution in [2.75, 3.05) is 18.5 Å². The molecule has 180 valence electrons. The van der Waals surface area contributed by atoms with Crippen LogP contribution in [0.4, 0.5) is 5.69 Å². The van der Waals surface area contributed by atoms with Crippen molar-refractivity contribution in [1.29, 1.82) is 0 Å². The van der Waals surface area contributed by atoms with Crippen LogP contribution in [-0.2, 0) is 6.42 Å². The largest absolute Gasteiger partial charge is 0.396 e. The number of nitrogens with one attached hydrogen (secondary N) is 1. The van der Waals surface area contributed by atoms with E-state index in [0.717, 1.165) is 55.5 Å². The highest BCUT2D eigenvalue weighted by Crippen LogP contribution is 2.56. The van der Waals surface area contributed by atoms with Crippen molar-refractivity contribution in [1.82, 2.24) is 15.1 Å². The molecule has 9 nitrogen and oxygen atoms in total. The van der Waals surface area contributed by atoms with Gasteiger partial charge in [-0.25, -0.2) is 0 Å². The van der Waals surface area contributed by atoms with E-state index in [-0.39, 0.29) is 43.2 Å². The molecule has 2 aromatic rings. The minimum atomic E-state index is -0.551. The first-order valence-electron chi connectivity index (χ1n) is 12.2. The molecule has 4 saturated carbocycles. The van der Waals surface area contributed by atoms with Crippen molar-refractivity contribution in [2.45, 2.75) is 56.6 Å². The summed E-state index contributed by atoms with van der Waals surface area (Å²) in [5.41, 5.74) is 3.05. The Morgan fingerprint density at radius 2 is 1.97 bits per heavy atom. The zero-order valence-corrected chi connectivity index (χ0v) is 19.0. The summed E-state index contributed by atoms with van der Waals surface area (Å²) in [5, 5.41) is 37.2. The highest BCUT2D eigenvalue weighted by atomic mass is 16.5. The first kappa shape index (κ1) is 21.9. The number of hydrogen-bond donors (Lipinski definition) is 4. The molecule has 4 N–H and O–H groups in total. The Bertz CT molecular complexity index is 1120. The van der Waals surface area contributed by atoms with E-state index < -0.39 is 11.5 Å². The maximum atomic E-state index is 12.5. The second kappa shape index (κ2) is 8.25. The average Bonchev–Trinajstić information content (AvgIpc) is 3.48. The van der Waals surface area contributed by atoms with Crippen LogP contribution in [0.2, 0.25) is 0 Å². The van der Waals surface area contributed by atoms with E-state index in [4.69, 9.17) is 4.52 Å². The first-order chi connectivity index (χ1) is 16.5. The van der Waals surface area contributed by atoms with Gasteiger partial charge in [0.1, 0.15) is 0 Å². The SMILES string of the molecule is O=C(CC(CO)CO)c1noc(-c2cnc3c(c2NC2[C@@H]4CC5C[C@H]2CC(O)(C5)C4)C=CC3)n1. The van der Waals surface area contributed by atoms with Gasteiger partial charge in [0.05, 0.1) is 22.5 Å². The molecule has 0 amide bonds. The zero-order valence-electron chi connectivity index (χ0n) is 19.0. The van der Waals surface area contributed by atoms with Gasteiger partial charge in [0.15, 0.2) is 0 Å². The molecule has 2 heterocycles. The summed E-state index contributed by atoms with van der Waals surface area (Å²) in [6.45, 7) is -0.580. The third-order valence-corrected chi connectivity index (χ3v) is 8.24. The summed E-state index contributed by atoms with van der Waals surface area (Å²) in [6.07, 6.45) is 11.5. The van der Waals surface area contributed by atoms with Gasteiger partial charge in [0.2, 0.25) is 11.6 Å². The molecule has 5 aliphatic carbocycles. The summed E-state index contributed by atoms with van der Waals surface area (Å²) in [5.74, 6) is 0.675. The number of aliphatic hydroxyl groups is 3. The standard InChI is InChI=1S/C25H30N4O5/c30-11-14(12-31)6-20(32)23-28-24(34-29-23)18-10-26-19-3-1-2-17(19)22(18)27-21-15-4-13-5-16(21)9-25(33,7-13)8-15/h1-2,10,13-16,21,30-31,33H,3-9,11-12H2,(H,26,27)/t13?,15-,16+,21?,25?. The van der Waals surface area contributed by atoms with Crippen LogP contribution in [0, 0.1) is 23.7 Å². The smallest absolute Gasteiger partial charge is 0.262 e. The predicted molar refractivity (Wildman–Crippen MR) is 123 cm³/mol. The Labute approximate surface area is 197 Å². The summed E-state index contributed by atoms with van der Waals surface area (Å²) in [7, 11) is 0. The number of fused-ring (bicyclic) bond motifs is 1. The monoisotopic (exact) mass is 466 g/mol. The van der Waals surface area contributed by atoms with E-state index in [1.54, 1.807) is 6.20 Å². The molecule has 9 heteroatoms. The molecule has 0 aliphatic heterocycles. The summed E-state index contributed by atoms with van der Waals surface area (Å²) in [6, 6.07) is 0.259. The van der Waals surface area contributed by atoms with Crippen LogP contribution in [0.5, 0.6) is 0 Å². The number of carbonyl (C=O) groups excluding carboxylic acids is 1. The Morgan fingerprint density at radius 3 is 2.68 bits per heavy atom. The highest BCUT2D eigenvalue weighted by molar-refractivity contribution is 5.93. The molecule has 3 unspecified atom stereocenters. The van der Waals surface area contributed by atoms with Crippen LogP contribution in [0.3, 0.4) is 0 Å². The van der Waals surface area contributed by atoms with Gasteiger partial charge < -0.3 is 25.2 Å². The molecule has 7 rings (SSSR count). The number of rotatable bonds is 8. The van der Waals surface area contributed by atoms with Crippen molar-refractivity contribution in [3.63, 3.8) is 0 Å². The van der Waals surface area contributed by atoms with E-state index in [2.05, 4.69) is 32.6 Å². The molecule has 0 spiro atoms. The summed E-state index contributed by atoms with van der Waals surface area (Å²) in [4.78, 5) is 21.5. The van der Waals surface area contributed by atoms with Crippen LogP contribution in [0.25, 0.3) is 17.5 Å². The van der Waals surface area contributed by atoms with Gasteiger partial charge in [0, 0.05) is 49.8 Å². The van der Waals surface area contributed by atoms with Gasteiger partial charge in [-0.2, -0.15) is 4.98 Å². The van der Waals surface area contributed by atoms with Crippen LogP contribution < -0.4 is 5.32 Å². The number of Topliss-reactive ketones (excluding diaryl/α,β-unsaturated/α-hetero) is 1. The Kier molecular flexibility index (Phi) is 5.31. The third-order valence-electron chi connectivity index (χ3n) is 8.24. The topological polar surface area (TPSA) is 142 Å². The van der Waals surface area contributed by atoms with Crippen LogP contribution in [0.1, 0.15) is 60.4 Å². The molecule has 0 radical (unpaired) electrons. The number of ketones is 1.